The molecule has 3 saturated heterocycles. The predicted octanol–water partition coefficient (Wildman–Crippen LogP) is 4.34. The van der Waals surface area contributed by atoms with E-state index in [-0.39, 0.29) is 0 Å². The minimum absolute atomic E-state index is 0.492. The van der Waals surface area contributed by atoms with Crippen LogP contribution in [0.25, 0.3) is 0 Å². The molecular formula is C12H24Ge2. The van der Waals surface area contributed by atoms with Crippen LogP contribution >= 0.6 is 0 Å². The Bertz CT molecular complexity index is 112. The molecule has 14 heavy (non-hydrogen) atoms. The molecule has 3 aliphatic rings. The Balaban J connectivity index is 1.93. The van der Waals surface area contributed by atoms with Crippen LogP contribution in [0.4, 0.5) is 0 Å². The van der Waals surface area contributed by atoms with Gasteiger partial charge >= 0.3 is 98.7 Å². The molecule has 0 N–H and O–H groups in total. The number of hydrogen-bond donors (Lipinski definition) is 0. The molecular weight excluding hydrogens is 289 g/mol. The summed E-state index contributed by atoms with van der Waals surface area (Å²) < 4.78 is 0. The number of rotatable bonds is 0. The van der Waals surface area contributed by atoms with Gasteiger partial charge in [0.25, 0.3) is 0 Å². The summed E-state index contributed by atoms with van der Waals surface area (Å²) in [6.45, 7) is 0. The Morgan fingerprint density at radius 3 is 0.786 bits per heavy atom. The fourth-order valence-electron chi connectivity index (χ4n) is 3.00. The molecule has 0 saturated carbocycles. The molecule has 0 aromatic heterocycles. The van der Waals surface area contributed by atoms with Gasteiger partial charge in [-0.3, -0.25) is 0 Å². The van der Waals surface area contributed by atoms with E-state index in [4.69, 9.17) is 0 Å². The van der Waals surface area contributed by atoms with Gasteiger partial charge in [-0.25, -0.2) is 0 Å². The van der Waals surface area contributed by atoms with Crippen LogP contribution in [0.1, 0.15) is 38.5 Å². The van der Waals surface area contributed by atoms with Gasteiger partial charge in [0.2, 0.25) is 0 Å². The van der Waals surface area contributed by atoms with Gasteiger partial charge in [0, 0.05) is 0 Å². The molecule has 0 atom stereocenters. The quantitative estimate of drug-likeness (QED) is 0.584. The molecule has 3 aliphatic heterocycles. The van der Waals surface area contributed by atoms with E-state index in [1.54, 1.807) is 70.0 Å². The fraction of sp³-hybridized carbons (Fsp3) is 1.00. The summed E-state index contributed by atoms with van der Waals surface area (Å²) in [5.41, 5.74) is 0. The molecule has 2 bridgehead atoms. The molecule has 0 aromatic carbocycles. The van der Waals surface area contributed by atoms with Crippen molar-refractivity contribution in [3.05, 3.63) is 0 Å². The van der Waals surface area contributed by atoms with Gasteiger partial charge in [0.1, 0.15) is 0 Å². The molecule has 0 aromatic rings. The summed E-state index contributed by atoms with van der Waals surface area (Å²) in [5, 5.41) is 10.5. The summed E-state index contributed by atoms with van der Waals surface area (Å²) in [5.74, 6) is 0. The summed E-state index contributed by atoms with van der Waals surface area (Å²) in [6, 6.07) is 0. The van der Waals surface area contributed by atoms with Gasteiger partial charge in [-0.2, -0.15) is 0 Å². The molecule has 0 amide bonds. The molecule has 2 heteroatoms. The van der Waals surface area contributed by atoms with Crippen molar-refractivity contribution >= 4 is 28.7 Å². The van der Waals surface area contributed by atoms with Gasteiger partial charge in [-0.1, -0.05) is 0 Å². The van der Waals surface area contributed by atoms with E-state index in [1.165, 1.54) is 0 Å². The van der Waals surface area contributed by atoms with Crippen molar-refractivity contribution in [1.82, 2.24) is 0 Å². The SMILES string of the molecule is C1C[CH2][Ge]2[CH2]CC[CH2][Ge]([CH2]1)[CH2]CC[CH2]2. The molecule has 3 rings (SSSR count). The predicted molar refractivity (Wildman–Crippen MR) is 68.1 cm³/mol. The first kappa shape index (κ1) is 11.6. The normalized spacial score (nSPS) is 28.3. The van der Waals surface area contributed by atoms with Crippen molar-refractivity contribution in [2.75, 3.05) is 0 Å². The Morgan fingerprint density at radius 1 is 0.357 bits per heavy atom. The molecule has 3 heterocycles. The zero-order valence-corrected chi connectivity index (χ0v) is 13.7. The van der Waals surface area contributed by atoms with Crippen molar-refractivity contribution in [2.45, 2.75) is 70.0 Å². The van der Waals surface area contributed by atoms with Crippen molar-refractivity contribution < 1.29 is 0 Å². The molecule has 3 fully saturated rings. The van der Waals surface area contributed by atoms with Crippen molar-refractivity contribution in [3.8, 4) is 0 Å². The van der Waals surface area contributed by atoms with E-state index in [9.17, 15) is 0 Å². The number of fused-ring (bicyclic) bond motifs is 9. The van der Waals surface area contributed by atoms with Gasteiger partial charge in [0.05, 0.1) is 0 Å². The van der Waals surface area contributed by atoms with E-state index >= 15 is 0 Å². The summed E-state index contributed by atoms with van der Waals surface area (Å²) in [6.07, 6.45) is 9.87. The standard InChI is InChI=1S/C12H24Ge2/c1-2-8-14-11-5-3-9-13(7-1)10-4-6-12-14/h1-12H2. The molecule has 2 radical (unpaired) electrons. The van der Waals surface area contributed by atoms with Crippen LogP contribution in [-0.4, -0.2) is 28.7 Å². The molecule has 80 valence electrons. The van der Waals surface area contributed by atoms with Crippen LogP contribution in [0.5, 0.6) is 0 Å². The van der Waals surface area contributed by atoms with Gasteiger partial charge in [-0.15, -0.1) is 0 Å². The zero-order chi connectivity index (χ0) is 9.64. The second-order valence-corrected chi connectivity index (χ2v) is 17.7. The first-order valence-electron chi connectivity index (χ1n) is 6.62. The topological polar surface area (TPSA) is 0 Å². The molecule has 0 aliphatic carbocycles. The maximum absolute atomic E-state index is 1.74. The summed E-state index contributed by atoms with van der Waals surface area (Å²) in [7, 11) is 0. The second kappa shape index (κ2) is 6.62. The number of hydrogen-bond acceptors (Lipinski definition) is 0. The second-order valence-electron chi connectivity index (χ2n) is 5.12. The van der Waals surface area contributed by atoms with Crippen LogP contribution in [-0.2, 0) is 0 Å². The average Bonchev–Trinajstić information content (AvgIpc) is 2.25. The monoisotopic (exact) mass is 316 g/mol. The van der Waals surface area contributed by atoms with Gasteiger partial charge in [-0.05, 0) is 0 Å². The van der Waals surface area contributed by atoms with E-state index < -0.39 is 28.7 Å². The van der Waals surface area contributed by atoms with Crippen molar-refractivity contribution in [2.24, 2.45) is 0 Å². The maximum atomic E-state index is 1.74. The van der Waals surface area contributed by atoms with Gasteiger partial charge in [0.15, 0.2) is 0 Å². The Morgan fingerprint density at radius 2 is 0.571 bits per heavy atom. The summed E-state index contributed by atoms with van der Waals surface area (Å²) >= 11 is -0.985. The Hall–Kier alpha value is 1.09. The van der Waals surface area contributed by atoms with Crippen molar-refractivity contribution in [3.63, 3.8) is 0 Å². The first-order chi connectivity index (χ1) is 6.95. The Kier molecular flexibility index (Phi) is 5.47. The fourth-order valence-corrected chi connectivity index (χ4v) is 15.6. The third-order valence-corrected chi connectivity index (χ3v) is 17.3. The van der Waals surface area contributed by atoms with Crippen molar-refractivity contribution in [1.29, 1.82) is 0 Å². The molecule has 0 nitrogen and oxygen atoms in total. The van der Waals surface area contributed by atoms with E-state index in [0.29, 0.717) is 0 Å². The summed E-state index contributed by atoms with van der Waals surface area (Å²) in [4.78, 5) is 0. The van der Waals surface area contributed by atoms with Crippen LogP contribution in [0.3, 0.4) is 0 Å². The third kappa shape index (κ3) is 3.92. The van der Waals surface area contributed by atoms with Crippen LogP contribution in [0, 0.1) is 0 Å². The van der Waals surface area contributed by atoms with Crippen LogP contribution < -0.4 is 0 Å². The van der Waals surface area contributed by atoms with Crippen LogP contribution in [0.15, 0.2) is 0 Å². The first-order valence-corrected chi connectivity index (χ1v) is 15.5. The van der Waals surface area contributed by atoms with E-state index in [2.05, 4.69) is 0 Å². The van der Waals surface area contributed by atoms with E-state index in [1.807, 2.05) is 0 Å². The van der Waals surface area contributed by atoms with Crippen LogP contribution in [0.2, 0.25) is 31.5 Å². The minimum atomic E-state index is -0.492. The van der Waals surface area contributed by atoms with Gasteiger partial charge < -0.3 is 0 Å². The molecule has 0 spiro atoms. The average molecular weight is 314 g/mol. The van der Waals surface area contributed by atoms with E-state index in [0.717, 1.165) is 0 Å². The third-order valence-electron chi connectivity index (χ3n) is 3.93. The zero-order valence-electron chi connectivity index (χ0n) is 9.49. The Labute approximate surface area is 98.4 Å². The molecule has 0 unspecified atom stereocenters.